The number of aromatic nitrogens is 2. The number of benzene rings is 1. The fraction of sp³-hybridized carbons (Fsp3) is 0.0833. The van der Waals surface area contributed by atoms with Crippen LogP contribution in [0.5, 0.6) is 0 Å². The number of nitrogens with zero attached hydrogens (tertiary/aromatic N) is 4. The average molecular weight is 271 g/mol. The van der Waals surface area contributed by atoms with E-state index in [-0.39, 0.29) is 24.0 Å². The minimum Gasteiger partial charge on any atom is -0.378 e. The molecule has 8 heteroatoms. The van der Waals surface area contributed by atoms with Gasteiger partial charge in [0.05, 0.1) is 17.0 Å². The molecule has 0 bridgehead atoms. The third-order valence-electron chi connectivity index (χ3n) is 3.05. The quantitative estimate of drug-likeness (QED) is 0.647. The third kappa shape index (κ3) is 1.66. The van der Waals surface area contributed by atoms with Gasteiger partial charge in [-0.2, -0.15) is 0 Å². The molecule has 2 heterocycles. The first kappa shape index (κ1) is 12.0. The zero-order chi connectivity index (χ0) is 14.3. The van der Waals surface area contributed by atoms with Crippen molar-refractivity contribution in [2.45, 2.75) is 6.42 Å². The number of anilines is 3. The first-order valence-corrected chi connectivity index (χ1v) is 5.75. The molecule has 2 N–H and O–H groups in total. The minimum atomic E-state index is -0.682. The Labute approximate surface area is 113 Å². The van der Waals surface area contributed by atoms with Crippen LogP contribution in [-0.2, 0) is 11.2 Å². The van der Waals surface area contributed by atoms with Gasteiger partial charge in [-0.3, -0.25) is 19.8 Å². The zero-order valence-corrected chi connectivity index (χ0v) is 10.2. The molecule has 0 atom stereocenters. The molecule has 1 aliphatic heterocycles. The van der Waals surface area contributed by atoms with Crippen molar-refractivity contribution in [1.82, 2.24) is 9.97 Å². The molecule has 1 amide bonds. The van der Waals surface area contributed by atoms with Crippen LogP contribution in [0.3, 0.4) is 0 Å². The fourth-order valence-electron chi connectivity index (χ4n) is 2.21. The summed E-state index contributed by atoms with van der Waals surface area (Å²) < 4.78 is 0. The van der Waals surface area contributed by atoms with Crippen LogP contribution in [0, 0.1) is 10.1 Å². The van der Waals surface area contributed by atoms with E-state index in [2.05, 4.69) is 9.97 Å². The van der Waals surface area contributed by atoms with Gasteiger partial charge in [0.15, 0.2) is 0 Å². The van der Waals surface area contributed by atoms with E-state index in [0.717, 1.165) is 11.9 Å². The summed E-state index contributed by atoms with van der Waals surface area (Å²) in [5, 5.41) is 11.1. The van der Waals surface area contributed by atoms with Gasteiger partial charge in [0.25, 0.3) is 0 Å². The molecule has 0 radical (unpaired) electrons. The predicted octanol–water partition coefficient (Wildman–Crippen LogP) is 1.19. The van der Waals surface area contributed by atoms with Gasteiger partial charge >= 0.3 is 5.69 Å². The summed E-state index contributed by atoms with van der Waals surface area (Å²) in [7, 11) is 0. The average Bonchev–Trinajstić information content (AvgIpc) is 2.73. The van der Waals surface area contributed by atoms with Gasteiger partial charge < -0.3 is 5.73 Å². The Morgan fingerprint density at radius 3 is 2.80 bits per heavy atom. The van der Waals surface area contributed by atoms with Crippen LogP contribution in [-0.4, -0.2) is 20.8 Å². The van der Waals surface area contributed by atoms with E-state index in [4.69, 9.17) is 5.73 Å². The molecule has 1 aliphatic rings. The second-order valence-corrected chi connectivity index (χ2v) is 4.22. The van der Waals surface area contributed by atoms with Crippen molar-refractivity contribution in [3.63, 3.8) is 0 Å². The number of rotatable bonds is 2. The molecule has 3 rings (SSSR count). The number of nitrogen functional groups attached to an aromatic ring is 1. The number of carbonyl (C=O) groups excluding carboxylic acids is 1. The maximum Gasteiger partial charge on any atom is 0.354 e. The molecule has 0 saturated heterocycles. The summed E-state index contributed by atoms with van der Waals surface area (Å²) in [5.74, 6) is -0.651. The number of hydrogen-bond acceptors (Lipinski definition) is 6. The standard InChI is InChI=1S/C12H9N5O3/c13-11-10(17(19)20)12(15-6-14-11)16-8-4-2-1-3-7(8)5-9(16)18/h1-4,6H,5H2,(H2,13,14,15). The zero-order valence-electron chi connectivity index (χ0n) is 10.2. The molecule has 0 spiro atoms. The SMILES string of the molecule is Nc1ncnc(N2C(=O)Cc3ccccc32)c1[N+](=O)[O-]. The molecule has 1 aromatic heterocycles. The molecule has 0 unspecified atom stereocenters. The van der Waals surface area contributed by atoms with Crippen molar-refractivity contribution >= 4 is 28.9 Å². The summed E-state index contributed by atoms with van der Waals surface area (Å²) >= 11 is 0. The minimum absolute atomic E-state index is 0.0996. The number of amides is 1. The Balaban J connectivity index is 2.22. The number of fused-ring (bicyclic) bond motifs is 1. The topological polar surface area (TPSA) is 115 Å². The van der Waals surface area contributed by atoms with Gasteiger partial charge in [0.1, 0.15) is 6.33 Å². The second kappa shape index (κ2) is 4.26. The number of hydrogen-bond donors (Lipinski definition) is 1. The lowest BCUT2D eigenvalue weighted by Gasteiger charge is -2.16. The first-order valence-electron chi connectivity index (χ1n) is 5.75. The van der Waals surface area contributed by atoms with E-state index in [0.29, 0.717) is 5.69 Å². The Bertz CT molecular complexity index is 731. The molecule has 0 fully saturated rings. The highest BCUT2D eigenvalue weighted by Crippen LogP contribution is 2.39. The number of nitrogens with two attached hydrogens (primary N) is 1. The van der Waals surface area contributed by atoms with Gasteiger partial charge in [-0.15, -0.1) is 0 Å². The van der Waals surface area contributed by atoms with Gasteiger partial charge in [-0.25, -0.2) is 9.97 Å². The lowest BCUT2D eigenvalue weighted by atomic mass is 10.2. The fourth-order valence-corrected chi connectivity index (χ4v) is 2.21. The molecule has 1 aromatic carbocycles. The summed E-state index contributed by atoms with van der Waals surface area (Å²) in [6.07, 6.45) is 1.28. The number of para-hydroxylation sites is 1. The Kier molecular flexibility index (Phi) is 2.56. The Morgan fingerprint density at radius 2 is 2.05 bits per heavy atom. The third-order valence-corrected chi connectivity index (χ3v) is 3.05. The summed E-state index contributed by atoms with van der Waals surface area (Å²) in [6, 6.07) is 7.06. The normalized spacial score (nSPS) is 13.4. The number of carbonyl (C=O) groups is 1. The maximum atomic E-state index is 12.1. The summed E-state index contributed by atoms with van der Waals surface area (Å²) in [6.45, 7) is 0. The van der Waals surface area contributed by atoms with Gasteiger partial charge in [0.2, 0.25) is 17.5 Å². The molecule has 20 heavy (non-hydrogen) atoms. The van der Waals surface area contributed by atoms with Gasteiger partial charge in [-0.1, -0.05) is 18.2 Å². The highest BCUT2D eigenvalue weighted by molar-refractivity contribution is 6.08. The summed E-state index contributed by atoms with van der Waals surface area (Å²) in [4.78, 5) is 31.2. The largest absolute Gasteiger partial charge is 0.378 e. The van der Waals surface area contributed by atoms with Crippen molar-refractivity contribution in [2.24, 2.45) is 0 Å². The Morgan fingerprint density at radius 1 is 1.30 bits per heavy atom. The van der Waals surface area contributed by atoms with Crippen molar-refractivity contribution in [3.05, 3.63) is 46.3 Å². The van der Waals surface area contributed by atoms with E-state index in [1.54, 1.807) is 24.3 Å². The van der Waals surface area contributed by atoms with Crippen molar-refractivity contribution in [2.75, 3.05) is 10.6 Å². The Hall–Kier alpha value is -3.03. The van der Waals surface area contributed by atoms with Crippen molar-refractivity contribution in [1.29, 1.82) is 0 Å². The molecule has 0 aliphatic carbocycles. The van der Waals surface area contributed by atoms with Crippen molar-refractivity contribution < 1.29 is 9.72 Å². The van der Waals surface area contributed by atoms with Crippen LogP contribution in [0.4, 0.5) is 23.0 Å². The lowest BCUT2D eigenvalue weighted by Crippen LogP contribution is -2.23. The van der Waals surface area contributed by atoms with E-state index < -0.39 is 10.6 Å². The van der Waals surface area contributed by atoms with Crippen LogP contribution in [0.2, 0.25) is 0 Å². The molecular weight excluding hydrogens is 262 g/mol. The van der Waals surface area contributed by atoms with E-state index in [9.17, 15) is 14.9 Å². The first-order chi connectivity index (χ1) is 9.59. The molecule has 2 aromatic rings. The van der Waals surface area contributed by atoms with Crippen LogP contribution in [0.25, 0.3) is 0 Å². The maximum absolute atomic E-state index is 12.1. The monoisotopic (exact) mass is 271 g/mol. The highest BCUT2D eigenvalue weighted by atomic mass is 16.6. The van der Waals surface area contributed by atoms with Crippen LogP contribution < -0.4 is 10.6 Å². The molecular formula is C12H9N5O3. The van der Waals surface area contributed by atoms with E-state index in [1.165, 1.54) is 4.90 Å². The molecule has 8 nitrogen and oxygen atoms in total. The van der Waals surface area contributed by atoms with Gasteiger partial charge in [-0.05, 0) is 11.6 Å². The van der Waals surface area contributed by atoms with Crippen LogP contribution in [0.1, 0.15) is 5.56 Å². The van der Waals surface area contributed by atoms with E-state index >= 15 is 0 Å². The predicted molar refractivity (Wildman–Crippen MR) is 70.4 cm³/mol. The van der Waals surface area contributed by atoms with Gasteiger partial charge in [0, 0.05) is 0 Å². The summed E-state index contributed by atoms with van der Waals surface area (Å²) in [5.41, 5.74) is 6.44. The lowest BCUT2D eigenvalue weighted by molar-refractivity contribution is -0.383. The van der Waals surface area contributed by atoms with Crippen LogP contribution in [0.15, 0.2) is 30.6 Å². The second-order valence-electron chi connectivity index (χ2n) is 4.22. The van der Waals surface area contributed by atoms with Crippen LogP contribution >= 0.6 is 0 Å². The molecule has 100 valence electrons. The number of nitro groups is 1. The highest BCUT2D eigenvalue weighted by Gasteiger charge is 2.35. The molecule has 0 saturated carbocycles. The smallest absolute Gasteiger partial charge is 0.354 e. The van der Waals surface area contributed by atoms with E-state index in [1.807, 2.05) is 0 Å². The van der Waals surface area contributed by atoms with Crippen molar-refractivity contribution in [3.8, 4) is 0 Å².